The number of halogens is 1. The number of carbonyl (C=O) groups is 1. The SMILES string of the molecule is Cc1csc(C(=O)NCCCCN)c1Cl. The molecule has 0 aliphatic heterocycles. The second kappa shape index (κ2) is 6.10. The van der Waals surface area contributed by atoms with E-state index in [1.54, 1.807) is 0 Å². The fraction of sp³-hybridized carbons (Fsp3) is 0.500. The maximum atomic E-state index is 11.6. The van der Waals surface area contributed by atoms with Crippen LogP contribution in [0.5, 0.6) is 0 Å². The third-order valence-corrected chi connectivity index (χ3v) is 3.72. The first kappa shape index (κ1) is 12.5. The normalized spacial score (nSPS) is 10.3. The molecule has 0 saturated carbocycles. The van der Waals surface area contributed by atoms with Gasteiger partial charge in [0.2, 0.25) is 0 Å². The van der Waals surface area contributed by atoms with Crippen molar-refractivity contribution in [2.24, 2.45) is 5.73 Å². The van der Waals surface area contributed by atoms with Crippen LogP contribution in [-0.4, -0.2) is 19.0 Å². The summed E-state index contributed by atoms with van der Waals surface area (Å²) in [5, 5.41) is 5.27. The summed E-state index contributed by atoms with van der Waals surface area (Å²) in [6, 6.07) is 0. The lowest BCUT2D eigenvalue weighted by molar-refractivity contribution is 0.0957. The number of unbranched alkanes of at least 4 members (excludes halogenated alkanes) is 1. The van der Waals surface area contributed by atoms with Gasteiger partial charge in [-0.25, -0.2) is 0 Å². The molecular weight excluding hydrogens is 232 g/mol. The first-order valence-corrected chi connectivity index (χ1v) is 6.14. The highest BCUT2D eigenvalue weighted by Crippen LogP contribution is 2.26. The molecule has 1 aromatic heterocycles. The van der Waals surface area contributed by atoms with E-state index < -0.39 is 0 Å². The van der Waals surface area contributed by atoms with E-state index in [2.05, 4.69) is 5.32 Å². The zero-order chi connectivity index (χ0) is 11.3. The van der Waals surface area contributed by atoms with E-state index in [4.69, 9.17) is 17.3 Å². The fourth-order valence-corrected chi connectivity index (χ4v) is 2.33. The van der Waals surface area contributed by atoms with Gasteiger partial charge in [0.15, 0.2) is 0 Å². The van der Waals surface area contributed by atoms with Gasteiger partial charge in [0.1, 0.15) is 4.88 Å². The number of nitrogens with two attached hydrogens (primary N) is 1. The molecule has 15 heavy (non-hydrogen) atoms. The van der Waals surface area contributed by atoms with E-state index in [0.29, 0.717) is 23.0 Å². The van der Waals surface area contributed by atoms with E-state index >= 15 is 0 Å². The van der Waals surface area contributed by atoms with Crippen molar-refractivity contribution in [1.29, 1.82) is 0 Å². The van der Waals surface area contributed by atoms with E-state index in [9.17, 15) is 4.79 Å². The molecule has 3 N–H and O–H groups in total. The van der Waals surface area contributed by atoms with Gasteiger partial charge in [-0.1, -0.05) is 11.6 Å². The lowest BCUT2D eigenvalue weighted by Crippen LogP contribution is -2.24. The Morgan fingerprint density at radius 3 is 2.87 bits per heavy atom. The first-order valence-electron chi connectivity index (χ1n) is 4.88. The number of amides is 1. The average molecular weight is 247 g/mol. The minimum Gasteiger partial charge on any atom is -0.351 e. The predicted molar refractivity (Wildman–Crippen MR) is 64.7 cm³/mol. The Morgan fingerprint density at radius 2 is 2.33 bits per heavy atom. The lowest BCUT2D eigenvalue weighted by Gasteiger charge is -2.03. The maximum Gasteiger partial charge on any atom is 0.262 e. The van der Waals surface area contributed by atoms with Crippen LogP contribution in [-0.2, 0) is 0 Å². The van der Waals surface area contributed by atoms with Crippen molar-refractivity contribution in [2.75, 3.05) is 13.1 Å². The second-order valence-corrected chi connectivity index (χ2v) is 4.57. The minimum atomic E-state index is -0.0879. The van der Waals surface area contributed by atoms with Crippen molar-refractivity contribution in [1.82, 2.24) is 5.32 Å². The smallest absolute Gasteiger partial charge is 0.262 e. The lowest BCUT2D eigenvalue weighted by atomic mass is 10.3. The molecule has 0 fully saturated rings. The number of carbonyl (C=O) groups excluding carboxylic acids is 1. The molecule has 0 spiro atoms. The van der Waals surface area contributed by atoms with Crippen molar-refractivity contribution in [3.8, 4) is 0 Å². The van der Waals surface area contributed by atoms with Gasteiger partial charge in [0, 0.05) is 6.54 Å². The standard InChI is InChI=1S/C10H15ClN2OS/c1-7-6-15-9(8(7)11)10(14)13-5-3-2-4-12/h6H,2-5,12H2,1H3,(H,13,14). The molecule has 1 heterocycles. The summed E-state index contributed by atoms with van der Waals surface area (Å²) in [7, 11) is 0. The van der Waals surface area contributed by atoms with E-state index in [-0.39, 0.29) is 5.91 Å². The number of thiophene rings is 1. The van der Waals surface area contributed by atoms with Crippen molar-refractivity contribution in [3.63, 3.8) is 0 Å². The Hall–Kier alpha value is -0.580. The summed E-state index contributed by atoms with van der Waals surface area (Å²) in [6.07, 6.45) is 1.84. The van der Waals surface area contributed by atoms with Crippen LogP contribution in [0.1, 0.15) is 28.1 Å². The molecule has 0 atom stereocenters. The van der Waals surface area contributed by atoms with Crippen LogP contribution in [0.25, 0.3) is 0 Å². The van der Waals surface area contributed by atoms with Crippen LogP contribution in [0.3, 0.4) is 0 Å². The molecule has 1 rings (SSSR count). The zero-order valence-corrected chi connectivity index (χ0v) is 10.3. The molecule has 84 valence electrons. The van der Waals surface area contributed by atoms with Gasteiger partial charge in [0.05, 0.1) is 5.02 Å². The zero-order valence-electron chi connectivity index (χ0n) is 8.68. The van der Waals surface area contributed by atoms with Gasteiger partial charge < -0.3 is 11.1 Å². The van der Waals surface area contributed by atoms with Crippen LogP contribution in [0.15, 0.2) is 5.38 Å². The Labute approximate surface area is 98.6 Å². The summed E-state index contributed by atoms with van der Waals surface area (Å²) in [5.41, 5.74) is 6.30. The largest absolute Gasteiger partial charge is 0.351 e. The molecule has 3 nitrogen and oxygen atoms in total. The molecule has 0 saturated heterocycles. The van der Waals surface area contributed by atoms with E-state index in [1.165, 1.54) is 11.3 Å². The van der Waals surface area contributed by atoms with Gasteiger partial charge in [-0.05, 0) is 37.3 Å². The summed E-state index contributed by atoms with van der Waals surface area (Å²) >= 11 is 7.35. The van der Waals surface area contributed by atoms with Crippen molar-refractivity contribution < 1.29 is 4.79 Å². The maximum absolute atomic E-state index is 11.6. The topological polar surface area (TPSA) is 55.1 Å². The van der Waals surface area contributed by atoms with Crippen LogP contribution in [0, 0.1) is 6.92 Å². The van der Waals surface area contributed by atoms with Gasteiger partial charge >= 0.3 is 0 Å². The number of aryl methyl sites for hydroxylation is 1. The molecule has 0 aliphatic carbocycles. The van der Waals surface area contributed by atoms with Crippen molar-refractivity contribution >= 4 is 28.8 Å². The number of hydrogen-bond donors (Lipinski definition) is 2. The Bertz CT molecular complexity index is 338. The van der Waals surface area contributed by atoms with Crippen molar-refractivity contribution in [2.45, 2.75) is 19.8 Å². The predicted octanol–water partition coefficient (Wildman–Crippen LogP) is 2.18. The van der Waals surface area contributed by atoms with E-state index in [0.717, 1.165) is 18.4 Å². The average Bonchev–Trinajstić information content (AvgIpc) is 2.55. The molecule has 5 heteroatoms. The highest BCUT2D eigenvalue weighted by molar-refractivity contribution is 7.13. The monoisotopic (exact) mass is 246 g/mol. The molecule has 0 bridgehead atoms. The summed E-state index contributed by atoms with van der Waals surface area (Å²) < 4.78 is 0. The molecule has 0 aliphatic rings. The number of rotatable bonds is 5. The number of nitrogens with one attached hydrogen (secondary N) is 1. The van der Waals surface area contributed by atoms with Gasteiger partial charge in [-0.15, -0.1) is 11.3 Å². The Morgan fingerprint density at radius 1 is 1.60 bits per heavy atom. The quantitative estimate of drug-likeness (QED) is 0.783. The van der Waals surface area contributed by atoms with Gasteiger partial charge in [-0.2, -0.15) is 0 Å². The van der Waals surface area contributed by atoms with Crippen LogP contribution >= 0.6 is 22.9 Å². The summed E-state index contributed by atoms with van der Waals surface area (Å²) in [4.78, 5) is 12.2. The fourth-order valence-electron chi connectivity index (χ4n) is 1.13. The number of hydrogen-bond acceptors (Lipinski definition) is 3. The summed E-state index contributed by atoms with van der Waals surface area (Å²) in [5.74, 6) is -0.0879. The van der Waals surface area contributed by atoms with Crippen molar-refractivity contribution in [3.05, 3.63) is 20.8 Å². The van der Waals surface area contributed by atoms with Gasteiger partial charge in [0.25, 0.3) is 5.91 Å². The van der Waals surface area contributed by atoms with Crippen LogP contribution < -0.4 is 11.1 Å². The third-order valence-electron chi connectivity index (χ3n) is 2.02. The third kappa shape index (κ3) is 3.48. The van der Waals surface area contributed by atoms with Gasteiger partial charge in [-0.3, -0.25) is 4.79 Å². The first-order chi connectivity index (χ1) is 7.16. The molecule has 0 unspecified atom stereocenters. The second-order valence-electron chi connectivity index (χ2n) is 3.31. The molecule has 0 radical (unpaired) electrons. The van der Waals surface area contributed by atoms with Crippen LogP contribution in [0.2, 0.25) is 5.02 Å². The Balaban J connectivity index is 2.44. The highest BCUT2D eigenvalue weighted by Gasteiger charge is 2.13. The van der Waals surface area contributed by atoms with E-state index in [1.807, 2.05) is 12.3 Å². The summed E-state index contributed by atoms with van der Waals surface area (Å²) in [6.45, 7) is 3.21. The Kier molecular flexibility index (Phi) is 5.08. The molecule has 0 aromatic carbocycles. The molecular formula is C10H15ClN2OS. The molecule has 1 aromatic rings. The van der Waals surface area contributed by atoms with Crippen LogP contribution in [0.4, 0.5) is 0 Å². The minimum absolute atomic E-state index is 0.0879. The highest BCUT2D eigenvalue weighted by atomic mass is 35.5. The molecule has 1 amide bonds.